The van der Waals surface area contributed by atoms with Gasteiger partial charge in [0.25, 0.3) is 0 Å². The third kappa shape index (κ3) is 3.60. The maximum absolute atomic E-state index is 11.3. The van der Waals surface area contributed by atoms with Crippen molar-refractivity contribution in [3.05, 3.63) is 65.2 Å². The molecule has 2 aromatic carbocycles. The van der Waals surface area contributed by atoms with Crippen molar-refractivity contribution in [1.29, 1.82) is 0 Å². The van der Waals surface area contributed by atoms with Crippen LogP contribution in [-0.2, 0) is 11.3 Å². The summed E-state index contributed by atoms with van der Waals surface area (Å²) in [7, 11) is 1.31. The minimum Gasteiger partial charge on any atom is -0.545 e. The van der Waals surface area contributed by atoms with Gasteiger partial charge in [-0.2, -0.15) is 0 Å². The summed E-state index contributed by atoms with van der Waals surface area (Å²) in [6.45, 7) is 0.0989. The molecule has 0 saturated heterocycles. The van der Waals surface area contributed by atoms with Gasteiger partial charge in [-0.3, -0.25) is 0 Å². The summed E-state index contributed by atoms with van der Waals surface area (Å²) in [5.41, 5.74) is 1.04. The highest BCUT2D eigenvalue weighted by molar-refractivity contribution is 5.89. The van der Waals surface area contributed by atoms with E-state index in [0.29, 0.717) is 16.9 Å². The first-order valence-corrected chi connectivity index (χ1v) is 6.22. The Balaban J connectivity index is 2.07. The van der Waals surface area contributed by atoms with Crippen molar-refractivity contribution >= 4 is 11.9 Å². The van der Waals surface area contributed by atoms with Crippen LogP contribution in [0.4, 0.5) is 0 Å². The van der Waals surface area contributed by atoms with Crippen LogP contribution in [0.25, 0.3) is 0 Å². The highest BCUT2D eigenvalue weighted by Gasteiger charge is 2.06. The van der Waals surface area contributed by atoms with E-state index in [1.54, 1.807) is 42.5 Å². The number of benzene rings is 2. The molecule has 5 heteroatoms. The van der Waals surface area contributed by atoms with Crippen molar-refractivity contribution in [2.45, 2.75) is 6.61 Å². The van der Waals surface area contributed by atoms with Crippen LogP contribution in [0.15, 0.2) is 48.5 Å². The van der Waals surface area contributed by atoms with Gasteiger partial charge in [0, 0.05) is 5.56 Å². The second-order valence-electron chi connectivity index (χ2n) is 4.25. The molecular formula is C16H13O5-. The molecule has 0 radical (unpaired) electrons. The summed E-state index contributed by atoms with van der Waals surface area (Å²) in [5, 5.41) is 11.0. The number of hydrogen-bond acceptors (Lipinski definition) is 5. The number of methoxy groups -OCH3 is 1. The normalized spacial score (nSPS) is 9.95. The van der Waals surface area contributed by atoms with E-state index in [4.69, 9.17) is 4.74 Å². The maximum Gasteiger partial charge on any atom is 0.337 e. The number of carbonyl (C=O) groups is 2. The van der Waals surface area contributed by atoms with Crippen molar-refractivity contribution in [3.8, 4) is 5.75 Å². The Morgan fingerprint density at radius 1 is 1.05 bits per heavy atom. The SMILES string of the molecule is COC(=O)c1ccc(OCc2ccccc2C(=O)[O-])cc1. The molecule has 2 rings (SSSR count). The second-order valence-corrected chi connectivity index (χ2v) is 4.25. The molecule has 0 N–H and O–H groups in total. The number of carboxylic acids is 1. The molecule has 0 bridgehead atoms. The Morgan fingerprint density at radius 2 is 1.71 bits per heavy atom. The minimum atomic E-state index is -1.24. The van der Waals surface area contributed by atoms with Gasteiger partial charge in [0.2, 0.25) is 0 Å². The lowest BCUT2D eigenvalue weighted by atomic mass is 10.1. The summed E-state index contributed by atoms with van der Waals surface area (Å²) in [4.78, 5) is 22.3. The monoisotopic (exact) mass is 285 g/mol. The average Bonchev–Trinajstić information content (AvgIpc) is 2.52. The zero-order valence-electron chi connectivity index (χ0n) is 11.4. The fourth-order valence-corrected chi connectivity index (χ4v) is 1.81. The molecule has 0 fully saturated rings. The van der Waals surface area contributed by atoms with Crippen molar-refractivity contribution in [3.63, 3.8) is 0 Å². The molecule has 0 aliphatic carbocycles. The van der Waals surface area contributed by atoms with E-state index >= 15 is 0 Å². The van der Waals surface area contributed by atoms with Crippen molar-refractivity contribution in [1.82, 2.24) is 0 Å². The van der Waals surface area contributed by atoms with E-state index in [2.05, 4.69) is 4.74 Å². The average molecular weight is 285 g/mol. The summed E-state index contributed by atoms with van der Waals surface area (Å²) in [6.07, 6.45) is 0. The largest absolute Gasteiger partial charge is 0.545 e. The van der Waals surface area contributed by atoms with Crippen molar-refractivity contribution in [2.24, 2.45) is 0 Å². The first kappa shape index (κ1) is 14.6. The number of ether oxygens (including phenoxy) is 2. The van der Waals surface area contributed by atoms with Crippen LogP contribution < -0.4 is 9.84 Å². The number of rotatable bonds is 5. The van der Waals surface area contributed by atoms with Gasteiger partial charge in [-0.1, -0.05) is 24.3 Å². The van der Waals surface area contributed by atoms with E-state index in [-0.39, 0.29) is 12.2 Å². The third-order valence-electron chi connectivity index (χ3n) is 2.91. The van der Waals surface area contributed by atoms with E-state index in [1.807, 2.05) is 0 Å². The van der Waals surface area contributed by atoms with E-state index in [9.17, 15) is 14.7 Å². The van der Waals surface area contributed by atoms with Gasteiger partial charge >= 0.3 is 5.97 Å². The Kier molecular flexibility index (Phi) is 4.56. The fraction of sp³-hybridized carbons (Fsp3) is 0.125. The summed E-state index contributed by atoms with van der Waals surface area (Å²) < 4.78 is 10.1. The molecule has 0 aliphatic heterocycles. The van der Waals surface area contributed by atoms with Gasteiger partial charge in [0.1, 0.15) is 12.4 Å². The van der Waals surface area contributed by atoms with Gasteiger partial charge < -0.3 is 19.4 Å². The lowest BCUT2D eigenvalue weighted by Crippen LogP contribution is -2.24. The van der Waals surface area contributed by atoms with Crippen LogP contribution in [0.2, 0.25) is 0 Å². The van der Waals surface area contributed by atoms with E-state index in [0.717, 1.165) is 0 Å². The Hall–Kier alpha value is -2.82. The predicted octanol–water partition coefficient (Wildman–Crippen LogP) is 1.42. The van der Waals surface area contributed by atoms with Crippen LogP contribution in [0, 0.1) is 0 Å². The molecule has 21 heavy (non-hydrogen) atoms. The summed E-state index contributed by atoms with van der Waals surface area (Å²) >= 11 is 0. The van der Waals surface area contributed by atoms with Gasteiger partial charge in [-0.15, -0.1) is 0 Å². The first-order valence-electron chi connectivity index (χ1n) is 6.22. The van der Waals surface area contributed by atoms with Crippen LogP contribution in [0.1, 0.15) is 26.3 Å². The topological polar surface area (TPSA) is 75.7 Å². The van der Waals surface area contributed by atoms with Crippen LogP contribution in [-0.4, -0.2) is 19.0 Å². The maximum atomic E-state index is 11.3. The minimum absolute atomic E-state index is 0.0989. The van der Waals surface area contributed by atoms with Gasteiger partial charge in [0.15, 0.2) is 0 Å². The molecule has 5 nitrogen and oxygen atoms in total. The van der Waals surface area contributed by atoms with Crippen molar-refractivity contribution < 1.29 is 24.2 Å². The van der Waals surface area contributed by atoms with E-state index in [1.165, 1.54) is 13.2 Å². The number of carboxylic acid groups (broad SMARTS) is 1. The lowest BCUT2D eigenvalue weighted by Gasteiger charge is -2.11. The smallest absolute Gasteiger partial charge is 0.337 e. The highest BCUT2D eigenvalue weighted by atomic mass is 16.5. The molecule has 0 unspecified atom stereocenters. The number of hydrogen-bond donors (Lipinski definition) is 0. The fourth-order valence-electron chi connectivity index (χ4n) is 1.81. The Morgan fingerprint density at radius 3 is 2.33 bits per heavy atom. The molecule has 108 valence electrons. The quantitative estimate of drug-likeness (QED) is 0.776. The summed E-state index contributed by atoms with van der Waals surface area (Å²) in [6, 6.07) is 12.9. The molecule has 0 amide bonds. The molecular weight excluding hydrogens is 272 g/mol. The molecule has 2 aromatic rings. The number of carbonyl (C=O) groups excluding carboxylic acids is 2. The second kappa shape index (κ2) is 6.56. The zero-order chi connectivity index (χ0) is 15.2. The molecule has 0 heterocycles. The molecule has 0 saturated carbocycles. The zero-order valence-corrected chi connectivity index (χ0v) is 11.4. The molecule has 0 atom stereocenters. The lowest BCUT2D eigenvalue weighted by molar-refractivity contribution is -0.255. The van der Waals surface area contributed by atoms with Crippen LogP contribution in [0.3, 0.4) is 0 Å². The van der Waals surface area contributed by atoms with Gasteiger partial charge in [-0.25, -0.2) is 4.79 Å². The van der Waals surface area contributed by atoms with Gasteiger partial charge in [-0.05, 0) is 29.8 Å². The van der Waals surface area contributed by atoms with E-state index < -0.39 is 11.9 Å². The third-order valence-corrected chi connectivity index (χ3v) is 2.91. The van der Waals surface area contributed by atoms with Gasteiger partial charge in [0.05, 0.1) is 18.6 Å². The Bertz CT molecular complexity index is 646. The highest BCUT2D eigenvalue weighted by Crippen LogP contribution is 2.16. The summed E-state index contributed by atoms with van der Waals surface area (Å²) in [5.74, 6) is -1.14. The molecule has 0 spiro atoms. The number of aromatic carboxylic acids is 1. The predicted molar refractivity (Wildman–Crippen MR) is 72.9 cm³/mol. The van der Waals surface area contributed by atoms with Crippen LogP contribution in [0.5, 0.6) is 5.75 Å². The first-order chi connectivity index (χ1) is 10.1. The standard InChI is InChI=1S/C16H14O5/c1-20-16(19)11-6-8-13(9-7-11)21-10-12-4-2-3-5-14(12)15(17)18/h2-9H,10H2,1H3,(H,17,18)/p-1. The molecule has 0 aromatic heterocycles. The number of esters is 1. The van der Waals surface area contributed by atoms with Crippen LogP contribution >= 0.6 is 0 Å². The molecule has 0 aliphatic rings. The van der Waals surface area contributed by atoms with Crippen molar-refractivity contribution in [2.75, 3.05) is 7.11 Å². The Labute approximate surface area is 121 Å².